The van der Waals surface area contributed by atoms with Crippen molar-refractivity contribution in [2.75, 3.05) is 5.32 Å². The maximum absolute atomic E-state index is 14.8. The minimum Gasteiger partial charge on any atom is -0.349 e. The summed E-state index contributed by atoms with van der Waals surface area (Å²) in [5, 5.41) is 6.06. The molecular weight excluding hydrogens is 422 g/mol. The van der Waals surface area contributed by atoms with Crippen LogP contribution in [-0.2, 0) is 7.05 Å². The van der Waals surface area contributed by atoms with Crippen LogP contribution in [0.2, 0.25) is 5.02 Å². The number of nitrogens with zero attached hydrogens (tertiary/aromatic N) is 2. The lowest BCUT2D eigenvalue weighted by Gasteiger charge is -2.29. The Morgan fingerprint density at radius 1 is 1.16 bits per heavy atom. The van der Waals surface area contributed by atoms with E-state index in [0.29, 0.717) is 22.4 Å². The SMILES string of the molecule is Cn1c(Nc2c(F)cccc2Cl)nc2cc(C(=O)NC3CCC4(CC3)CC4)c(F)cc21. The second-order valence-corrected chi connectivity index (χ2v) is 9.19. The number of carbonyl (C=O) groups is 1. The number of anilines is 2. The van der Waals surface area contributed by atoms with Crippen molar-refractivity contribution in [3.8, 4) is 0 Å². The molecular formula is C23H23ClF2N4O. The van der Waals surface area contributed by atoms with E-state index in [1.165, 1.54) is 37.1 Å². The first-order valence-corrected chi connectivity index (χ1v) is 10.9. The van der Waals surface area contributed by atoms with Gasteiger partial charge in [-0.25, -0.2) is 13.8 Å². The summed E-state index contributed by atoms with van der Waals surface area (Å²) in [5.74, 6) is -1.27. The molecule has 1 heterocycles. The van der Waals surface area contributed by atoms with Gasteiger partial charge in [0.15, 0.2) is 0 Å². The van der Waals surface area contributed by atoms with Gasteiger partial charge in [0.2, 0.25) is 5.95 Å². The predicted octanol–water partition coefficient (Wildman–Crippen LogP) is 5.70. The average molecular weight is 445 g/mol. The zero-order valence-electron chi connectivity index (χ0n) is 17.1. The number of halogens is 3. The number of carbonyl (C=O) groups excluding carboxylic acids is 1. The number of fused-ring (bicyclic) bond motifs is 1. The van der Waals surface area contributed by atoms with Crippen LogP contribution in [0, 0.1) is 17.0 Å². The molecule has 31 heavy (non-hydrogen) atoms. The quantitative estimate of drug-likeness (QED) is 0.542. The minimum atomic E-state index is -0.613. The molecule has 0 bridgehead atoms. The summed E-state index contributed by atoms with van der Waals surface area (Å²) in [4.78, 5) is 17.2. The van der Waals surface area contributed by atoms with Gasteiger partial charge in [0.05, 0.1) is 27.3 Å². The Labute approximate surface area is 183 Å². The lowest BCUT2D eigenvalue weighted by molar-refractivity contribution is 0.0915. The number of aromatic nitrogens is 2. The molecule has 5 nitrogen and oxygen atoms in total. The molecule has 5 rings (SSSR count). The molecule has 0 radical (unpaired) electrons. The molecule has 0 saturated heterocycles. The van der Waals surface area contributed by atoms with Crippen molar-refractivity contribution in [1.29, 1.82) is 0 Å². The fourth-order valence-corrected chi connectivity index (χ4v) is 4.75. The first-order chi connectivity index (χ1) is 14.8. The third kappa shape index (κ3) is 3.76. The standard InChI is InChI=1S/C23H23ClF2N4O/c1-30-19-12-17(26)14(21(31)27-13-5-7-23(8-6-13)9-10-23)11-18(19)28-22(30)29-20-15(24)3-2-4-16(20)25/h2-4,11-13H,5-10H2,1H3,(H,27,31)(H,28,29). The van der Waals surface area contributed by atoms with Crippen molar-refractivity contribution in [3.05, 3.63) is 52.6 Å². The van der Waals surface area contributed by atoms with Crippen molar-refractivity contribution in [3.63, 3.8) is 0 Å². The molecule has 1 amide bonds. The number of imidazole rings is 1. The average Bonchev–Trinajstić information content (AvgIpc) is 3.44. The highest BCUT2D eigenvalue weighted by atomic mass is 35.5. The Kier molecular flexibility index (Phi) is 4.88. The van der Waals surface area contributed by atoms with Gasteiger partial charge in [-0.2, -0.15) is 0 Å². The van der Waals surface area contributed by atoms with Crippen molar-refractivity contribution < 1.29 is 13.6 Å². The summed E-state index contributed by atoms with van der Waals surface area (Å²) < 4.78 is 30.5. The van der Waals surface area contributed by atoms with Crippen molar-refractivity contribution in [2.45, 2.75) is 44.6 Å². The van der Waals surface area contributed by atoms with Crippen molar-refractivity contribution >= 4 is 40.2 Å². The zero-order valence-corrected chi connectivity index (χ0v) is 17.9. The van der Waals surface area contributed by atoms with Crippen LogP contribution in [0.3, 0.4) is 0 Å². The van der Waals surface area contributed by atoms with Gasteiger partial charge in [-0.1, -0.05) is 17.7 Å². The topological polar surface area (TPSA) is 59.0 Å². The molecule has 2 N–H and O–H groups in total. The predicted molar refractivity (Wildman–Crippen MR) is 117 cm³/mol. The minimum absolute atomic E-state index is 0.0345. The molecule has 1 aromatic heterocycles. The van der Waals surface area contributed by atoms with Crippen molar-refractivity contribution in [1.82, 2.24) is 14.9 Å². The van der Waals surface area contributed by atoms with Crippen LogP contribution in [0.15, 0.2) is 30.3 Å². The summed E-state index contributed by atoms with van der Waals surface area (Å²) in [6.07, 6.45) is 6.74. The summed E-state index contributed by atoms with van der Waals surface area (Å²) >= 11 is 6.08. The molecule has 0 unspecified atom stereocenters. The second-order valence-electron chi connectivity index (χ2n) is 8.78. The van der Waals surface area contributed by atoms with Crippen LogP contribution in [0.5, 0.6) is 0 Å². The maximum Gasteiger partial charge on any atom is 0.254 e. The molecule has 8 heteroatoms. The Bertz CT molecular complexity index is 1160. The normalized spacial score (nSPS) is 17.8. The number of rotatable bonds is 4. The Hall–Kier alpha value is -2.67. The second kappa shape index (κ2) is 7.48. The van der Waals surface area contributed by atoms with E-state index in [4.69, 9.17) is 11.6 Å². The van der Waals surface area contributed by atoms with Crippen LogP contribution < -0.4 is 10.6 Å². The van der Waals surface area contributed by atoms with Gasteiger partial charge in [-0.05, 0) is 62.1 Å². The molecule has 1 spiro atoms. The number of nitrogens with one attached hydrogen (secondary N) is 2. The van der Waals surface area contributed by atoms with Gasteiger partial charge in [0.1, 0.15) is 11.6 Å². The van der Waals surface area contributed by atoms with E-state index in [0.717, 1.165) is 25.7 Å². The highest BCUT2D eigenvalue weighted by Crippen LogP contribution is 2.56. The Morgan fingerprint density at radius 2 is 1.90 bits per heavy atom. The van der Waals surface area contributed by atoms with E-state index in [9.17, 15) is 13.6 Å². The first kappa shape index (κ1) is 20.2. The molecule has 2 saturated carbocycles. The number of hydrogen-bond donors (Lipinski definition) is 2. The molecule has 2 fully saturated rings. The summed E-state index contributed by atoms with van der Waals surface area (Å²) in [6.45, 7) is 0. The molecule has 2 aliphatic carbocycles. The molecule has 0 atom stereocenters. The molecule has 0 aliphatic heterocycles. The third-order valence-electron chi connectivity index (χ3n) is 6.75. The summed E-state index contributed by atoms with van der Waals surface area (Å²) in [6, 6.07) is 7.17. The highest BCUT2D eigenvalue weighted by Gasteiger charge is 2.44. The van der Waals surface area contributed by atoms with Crippen LogP contribution in [0.4, 0.5) is 20.4 Å². The molecule has 162 valence electrons. The van der Waals surface area contributed by atoms with Gasteiger partial charge in [-0.15, -0.1) is 0 Å². The van der Waals surface area contributed by atoms with E-state index in [2.05, 4.69) is 15.6 Å². The van der Waals surface area contributed by atoms with Gasteiger partial charge >= 0.3 is 0 Å². The monoisotopic (exact) mass is 444 g/mol. The Morgan fingerprint density at radius 3 is 2.58 bits per heavy atom. The fourth-order valence-electron chi connectivity index (χ4n) is 4.54. The number of amides is 1. The van der Waals surface area contributed by atoms with E-state index in [-0.39, 0.29) is 22.3 Å². The van der Waals surface area contributed by atoms with E-state index >= 15 is 0 Å². The van der Waals surface area contributed by atoms with E-state index in [1.54, 1.807) is 17.7 Å². The van der Waals surface area contributed by atoms with Gasteiger partial charge in [0, 0.05) is 19.2 Å². The molecule has 3 aromatic rings. The number of hydrogen-bond acceptors (Lipinski definition) is 3. The van der Waals surface area contributed by atoms with Gasteiger partial charge < -0.3 is 15.2 Å². The Balaban J connectivity index is 1.39. The number of aryl methyl sites for hydroxylation is 1. The third-order valence-corrected chi connectivity index (χ3v) is 7.07. The largest absolute Gasteiger partial charge is 0.349 e. The lowest BCUT2D eigenvalue weighted by atomic mass is 9.83. The van der Waals surface area contributed by atoms with Crippen LogP contribution >= 0.6 is 11.6 Å². The van der Waals surface area contributed by atoms with E-state index < -0.39 is 17.5 Å². The fraction of sp³-hybridized carbons (Fsp3) is 0.391. The van der Waals surface area contributed by atoms with E-state index in [1.807, 2.05) is 0 Å². The van der Waals surface area contributed by atoms with Crippen LogP contribution in [-0.4, -0.2) is 21.5 Å². The number of para-hydroxylation sites is 1. The van der Waals surface area contributed by atoms with Crippen molar-refractivity contribution in [2.24, 2.45) is 12.5 Å². The molecule has 2 aromatic carbocycles. The first-order valence-electron chi connectivity index (χ1n) is 10.5. The lowest BCUT2D eigenvalue weighted by Crippen LogP contribution is -2.38. The summed E-state index contributed by atoms with van der Waals surface area (Å²) in [5.41, 5.74) is 1.51. The van der Waals surface area contributed by atoms with Crippen LogP contribution in [0.25, 0.3) is 11.0 Å². The van der Waals surface area contributed by atoms with Crippen LogP contribution in [0.1, 0.15) is 48.9 Å². The summed E-state index contributed by atoms with van der Waals surface area (Å²) in [7, 11) is 1.68. The van der Waals surface area contributed by atoms with Gasteiger partial charge in [-0.3, -0.25) is 4.79 Å². The molecule has 2 aliphatic rings. The van der Waals surface area contributed by atoms with Gasteiger partial charge in [0.25, 0.3) is 5.91 Å². The zero-order chi connectivity index (χ0) is 21.8. The smallest absolute Gasteiger partial charge is 0.254 e. The number of benzene rings is 2. The maximum atomic E-state index is 14.8. The highest BCUT2D eigenvalue weighted by molar-refractivity contribution is 6.33.